The molecule has 1 amide bonds. The van der Waals surface area contributed by atoms with Crippen LogP contribution in [-0.2, 0) is 0 Å². The van der Waals surface area contributed by atoms with Crippen molar-refractivity contribution in [3.05, 3.63) is 34.1 Å². The summed E-state index contributed by atoms with van der Waals surface area (Å²) < 4.78 is 14.3. The van der Waals surface area contributed by atoms with Gasteiger partial charge in [-0.3, -0.25) is 4.79 Å². The highest BCUT2D eigenvalue weighted by Crippen LogP contribution is 2.16. The molecule has 19 heavy (non-hydrogen) atoms. The van der Waals surface area contributed by atoms with Gasteiger partial charge in [-0.1, -0.05) is 15.9 Å². The molecule has 1 fully saturated rings. The summed E-state index contributed by atoms with van der Waals surface area (Å²) in [7, 11) is 2.09. The van der Waals surface area contributed by atoms with Gasteiger partial charge in [0.05, 0.1) is 5.56 Å². The van der Waals surface area contributed by atoms with Crippen LogP contribution in [0.4, 0.5) is 4.39 Å². The highest BCUT2D eigenvalue weighted by molar-refractivity contribution is 9.10. The Labute approximate surface area is 121 Å². The zero-order valence-electron chi connectivity index (χ0n) is 11.0. The number of amides is 1. The Kier molecular flexibility index (Phi) is 4.93. The zero-order valence-corrected chi connectivity index (χ0v) is 12.5. The topological polar surface area (TPSA) is 32.3 Å². The molecule has 1 aliphatic rings. The number of hydrogen-bond donors (Lipinski definition) is 1. The molecule has 1 aromatic carbocycles. The molecule has 1 unspecified atom stereocenters. The molecule has 1 aromatic rings. The number of rotatable bonds is 3. The van der Waals surface area contributed by atoms with E-state index in [-0.39, 0.29) is 11.5 Å². The standard InChI is InChI=1S/C14H18BrFN2O/c1-18-6-2-3-10(9-18)8-17-14(19)12-5-4-11(15)7-13(12)16/h4-5,7,10H,2-3,6,8-9H2,1H3,(H,17,19). The molecule has 2 rings (SSSR count). The highest BCUT2D eigenvalue weighted by atomic mass is 79.9. The molecule has 0 saturated carbocycles. The van der Waals surface area contributed by atoms with Gasteiger partial charge in [0.25, 0.3) is 5.91 Å². The van der Waals surface area contributed by atoms with Crippen LogP contribution in [0.25, 0.3) is 0 Å². The summed E-state index contributed by atoms with van der Waals surface area (Å²) in [5, 5.41) is 2.83. The van der Waals surface area contributed by atoms with Crippen molar-refractivity contribution in [2.24, 2.45) is 5.92 Å². The molecule has 1 aliphatic heterocycles. The van der Waals surface area contributed by atoms with Gasteiger partial charge < -0.3 is 10.2 Å². The van der Waals surface area contributed by atoms with Crippen molar-refractivity contribution in [3.8, 4) is 0 Å². The van der Waals surface area contributed by atoms with Gasteiger partial charge in [0.1, 0.15) is 5.82 Å². The third-order valence-electron chi connectivity index (χ3n) is 3.45. The summed E-state index contributed by atoms with van der Waals surface area (Å²) >= 11 is 3.18. The molecule has 0 aromatic heterocycles. The van der Waals surface area contributed by atoms with Gasteiger partial charge in [-0.25, -0.2) is 4.39 Å². The van der Waals surface area contributed by atoms with Gasteiger partial charge in [-0.15, -0.1) is 0 Å². The summed E-state index contributed by atoms with van der Waals surface area (Å²) in [5.41, 5.74) is 0.104. The average Bonchev–Trinajstić information content (AvgIpc) is 2.36. The maximum atomic E-state index is 13.6. The molecule has 1 atom stereocenters. The second-order valence-electron chi connectivity index (χ2n) is 5.10. The van der Waals surface area contributed by atoms with Gasteiger partial charge in [-0.2, -0.15) is 0 Å². The fourth-order valence-electron chi connectivity index (χ4n) is 2.45. The minimum atomic E-state index is -0.493. The van der Waals surface area contributed by atoms with Crippen molar-refractivity contribution < 1.29 is 9.18 Å². The second-order valence-corrected chi connectivity index (χ2v) is 6.02. The van der Waals surface area contributed by atoms with Crippen LogP contribution in [0.1, 0.15) is 23.2 Å². The number of hydrogen-bond acceptors (Lipinski definition) is 2. The molecular formula is C14H18BrFN2O. The summed E-state index contributed by atoms with van der Waals surface area (Å²) in [4.78, 5) is 14.2. The van der Waals surface area contributed by atoms with Crippen molar-refractivity contribution in [1.29, 1.82) is 0 Å². The Morgan fingerprint density at radius 2 is 2.37 bits per heavy atom. The van der Waals surface area contributed by atoms with Gasteiger partial charge in [0.2, 0.25) is 0 Å². The van der Waals surface area contributed by atoms with Crippen molar-refractivity contribution in [3.63, 3.8) is 0 Å². The lowest BCUT2D eigenvalue weighted by molar-refractivity contribution is 0.0933. The van der Waals surface area contributed by atoms with Crippen molar-refractivity contribution in [1.82, 2.24) is 10.2 Å². The van der Waals surface area contributed by atoms with Gasteiger partial charge in [0, 0.05) is 17.6 Å². The van der Waals surface area contributed by atoms with E-state index in [0.717, 1.165) is 25.9 Å². The largest absolute Gasteiger partial charge is 0.352 e. The van der Waals surface area contributed by atoms with Crippen LogP contribution < -0.4 is 5.32 Å². The first-order chi connectivity index (χ1) is 9.06. The minimum absolute atomic E-state index is 0.104. The molecule has 0 radical (unpaired) electrons. The monoisotopic (exact) mass is 328 g/mol. The predicted molar refractivity (Wildman–Crippen MR) is 76.7 cm³/mol. The Bertz CT molecular complexity index is 467. The molecule has 0 aliphatic carbocycles. The molecule has 0 spiro atoms. The molecule has 104 valence electrons. The van der Waals surface area contributed by atoms with Crippen LogP contribution in [-0.4, -0.2) is 37.5 Å². The molecule has 1 N–H and O–H groups in total. The first-order valence-electron chi connectivity index (χ1n) is 6.48. The van der Waals surface area contributed by atoms with E-state index in [1.165, 1.54) is 12.1 Å². The van der Waals surface area contributed by atoms with E-state index in [4.69, 9.17) is 0 Å². The Balaban J connectivity index is 1.90. The van der Waals surface area contributed by atoms with Crippen molar-refractivity contribution in [2.75, 3.05) is 26.7 Å². The van der Waals surface area contributed by atoms with Crippen molar-refractivity contribution in [2.45, 2.75) is 12.8 Å². The van der Waals surface area contributed by atoms with Crippen LogP contribution in [0.3, 0.4) is 0 Å². The van der Waals surface area contributed by atoms with Gasteiger partial charge in [-0.05, 0) is 50.6 Å². The Morgan fingerprint density at radius 3 is 3.05 bits per heavy atom. The smallest absolute Gasteiger partial charge is 0.254 e. The van der Waals surface area contributed by atoms with E-state index in [0.29, 0.717) is 16.9 Å². The minimum Gasteiger partial charge on any atom is -0.352 e. The Morgan fingerprint density at radius 1 is 1.58 bits per heavy atom. The maximum absolute atomic E-state index is 13.6. The lowest BCUT2D eigenvalue weighted by atomic mass is 9.98. The summed E-state index contributed by atoms with van der Waals surface area (Å²) in [6, 6.07) is 4.48. The number of nitrogens with zero attached hydrogens (tertiary/aromatic N) is 1. The quantitative estimate of drug-likeness (QED) is 0.925. The molecule has 0 bridgehead atoms. The first-order valence-corrected chi connectivity index (χ1v) is 7.27. The van der Waals surface area contributed by atoms with E-state index in [2.05, 4.69) is 33.2 Å². The average molecular weight is 329 g/mol. The van der Waals surface area contributed by atoms with E-state index in [1.807, 2.05) is 0 Å². The number of halogens is 2. The number of likely N-dealkylation sites (tertiary alicyclic amines) is 1. The van der Waals surface area contributed by atoms with Crippen LogP contribution >= 0.6 is 15.9 Å². The Hall–Kier alpha value is -0.940. The van der Waals surface area contributed by atoms with E-state index in [9.17, 15) is 9.18 Å². The number of nitrogens with one attached hydrogen (secondary N) is 1. The fraction of sp³-hybridized carbons (Fsp3) is 0.500. The third kappa shape index (κ3) is 4.01. The normalized spacial score (nSPS) is 20.3. The second kappa shape index (κ2) is 6.48. The van der Waals surface area contributed by atoms with Gasteiger partial charge >= 0.3 is 0 Å². The molecular weight excluding hydrogens is 311 g/mol. The summed E-state index contributed by atoms with van der Waals surface area (Å²) in [5.74, 6) is -0.368. The molecule has 3 nitrogen and oxygen atoms in total. The van der Waals surface area contributed by atoms with Crippen LogP contribution in [0.15, 0.2) is 22.7 Å². The first kappa shape index (κ1) is 14.5. The van der Waals surface area contributed by atoms with E-state index >= 15 is 0 Å². The van der Waals surface area contributed by atoms with Crippen LogP contribution in [0.2, 0.25) is 0 Å². The highest BCUT2D eigenvalue weighted by Gasteiger charge is 2.19. The lowest BCUT2D eigenvalue weighted by Gasteiger charge is -2.29. The maximum Gasteiger partial charge on any atom is 0.254 e. The van der Waals surface area contributed by atoms with Gasteiger partial charge in [0.15, 0.2) is 0 Å². The van der Waals surface area contributed by atoms with Crippen molar-refractivity contribution >= 4 is 21.8 Å². The molecule has 1 saturated heterocycles. The predicted octanol–water partition coefficient (Wildman–Crippen LogP) is 2.66. The lowest BCUT2D eigenvalue weighted by Crippen LogP contribution is -2.39. The fourth-order valence-corrected chi connectivity index (χ4v) is 2.78. The number of carbonyl (C=O) groups excluding carboxylic acids is 1. The third-order valence-corrected chi connectivity index (χ3v) is 3.94. The summed E-state index contributed by atoms with van der Waals surface area (Å²) in [6.07, 6.45) is 2.27. The van der Waals surface area contributed by atoms with E-state index in [1.54, 1.807) is 6.07 Å². The van der Waals surface area contributed by atoms with E-state index < -0.39 is 5.82 Å². The number of benzene rings is 1. The SMILES string of the molecule is CN1CCCC(CNC(=O)c2ccc(Br)cc2F)C1. The number of piperidine rings is 1. The number of carbonyl (C=O) groups is 1. The molecule has 5 heteroatoms. The summed E-state index contributed by atoms with van der Waals surface area (Å²) in [6.45, 7) is 2.72. The zero-order chi connectivity index (χ0) is 13.8. The van der Waals surface area contributed by atoms with Crippen LogP contribution in [0, 0.1) is 11.7 Å². The molecule has 1 heterocycles. The van der Waals surface area contributed by atoms with Crippen LogP contribution in [0.5, 0.6) is 0 Å².